The molecule has 5 nitrogen and oxygen atoms in total. The fourth-order valence-electron chi connectivity index (χ4n) is 2.77. The fourth-order valence-corrected chi connectivity index (χ4v) is 3.54. The van der Waals surface area contributed by atoms with Crippen molar-refractivity contribution < 1.29 is 4.74 Å². The molecule has 148 valence electrons. The van der Waals surface area contributed by atoms with Gasteiger partial charge in [-0.15, -0.1) is 35.7 Å². The third-order valence-electron chi connectivity index (χ3n) is 4.46. The van der Waals surface area contributed by atoms with E-state index in [4.69, 9.17) is 4.74 Å². The van der Waals surface area contributed by atoms with Crippen molar-refractivity contribution in [2.75, 3.05) is 52.2 Å². The first kappa shape index (κ1) is 23.5. The monoisotopic (exact) mass is 492 g/mol. The molecular weight excluding hydrogens is 459 g/mol. The molecule has 1 saturated heterocycles. The van der Waals surface area contributed by atoms with E-state index in [1.807, 2.05) is 18.8 Å². The van der Waals surface area contributed by atoms with Gasteiger partial charge < -0.3 is 15.4 Å². The van der Waals surface area contributed by atoms with Crippen LogP contribution in [0, 0.1) is 6.92 Å². The molecule has 1 aromatic rings. The summed E-state index contributed by atoms with van der Waals surface area (Å²) in [6, 6.07) is 8.67. The summed E-state index contributed by atoms with van der Waals surface area (Å²) in [4.78, 5) is 8.12. The average Bonchev–Trinajstić information content (AvgIpc) is 2.63. The van der Waals surface area contributed by atoms with Crippen LogP contribution >= 0.6 is 35.7 Å². The second-order valence-corrected chi connectivity index (χ2v) is 8.09. The highest BCUT2D eigenvalue weighted by atomic mass is 127. The molecule has 1 fully saturated rings. The van der Waals surface area contributed by atoms with Crippen molar-refractivity contribution >= 4 is 41.7 Å². The van der Waals surface area contributed by atoms with Crippen LogP contribution in [0.25, 0.3) is 0 Å². The summed E-state index contributed by atoms with van der Waals surface area (Å²) in [6.45, 7) is 12.0. The molecule has 7 heteroatoms. The maximum absolute atomic E-state index is 5.45. The molecule has 0 atom stereocenters. The topological polar surface area (TPSA) is 48.9 Å². The number of aliphatic imine (C=N–C) groups is 1. The Hall–Kier alpha value is -0.510. The average molecular weight is 492 g/mol. The van der Waals surface area contributed by atoms with Crippen LogP contribution in [0.4, 0.5) is 0 Å². The highest BCUT2D eigenvalue weighted by Gasteiger charge is 2.28. The molecule has 2 N–H and O–H groups in total. The number of nitrogens with zero attached hydrogens (tertiary/aromatic N) is 2. The van der Waals surface area contributed by atoms with E-state index in [0.717, 1.165) is 51.1 Å². The molecular formula is C19H33IN4OS. The quantitative estimate of drug-likeness (QED) is 0.202. The van der Waals surface area contributed by atoms with Crippen molar-refractivity contribution in [3.8, 4) is 0 Å². The number of hydrogen-bond donors (Lipinski definition) is 2. The van der Waals surface area contributed by atoms with E-state index in [1.165, 1.54) is 10.5 Å². The van der Waals surface area contributed by atoms with Gasteiger partial charge in [0, 0.05) is 49.4 Å². The van der Waals surface area contributed by atoms with E-state index in [9.17, 15) is 0 Å². The van der Waals surface area contributed by atoms with Crippen molar-refractivity contribution in [2.45, 2.75) is 31.2 Å². The summed E-state index contributed by atoms with van der Waals surface area (Å²) in [7, 11) is 1.82. The maximum atomic E-state index is 5.45. The largest absolute Gasteiger partial charge is 0.379 e. The highest BCUT2D eigenvalue weighted by molar-refractivity contribution is 14.0. The zero-order valence-electron chi connectivity index (χ0n) is 16.4. The molecule has 2 rings (SSSR count). The van der Waals surface area contributed by atoms with Crippen molar-refractivity contribution in [1.29, 1.82) is 0 Å². The predicted octanol–water partition coefficient (Wildman–Crippen LogP) is 2.98. The van der Waals surface area contributed by atoms with Crippen LogP contribution in [0.1, 0.15) is 19.4 Å². The van der Waals surface area contributed by atoms with Gasteiger partial charge in [0.1, 0.15) is 0 Å². The lowest BCUT2D eigenvalue weighted by molar-refractivity contribution is -0.00833. The summed E-state index contributed by atoms with van der Waals surface area (Å²) < 4.78 is 5.45. The second-order valence-electron chi connectivity index (χ2n) is 6.93. The summed E-state index contributed by atoms with van der Waals surface area (Å²) in [6.07, 6.45) is 0. The standard InChI is InChI=1S/C19H32N4OS.HI/c1-16-5-7-17(8-6-16)25-14-9-21-18(20-4)22-15-19(2,3)23-10-12-24-13-11-23;/h5-8H,9-15H2,1-4H3,(H2,20,21,22);1H. The van der Waals surface area contributed by atoms with Gasteiger partial charge in [0.25, 0.3) is 0 Å². The number of benzene rings is 1. The van der Waals surface area contributed by atoms with Crippen LogP contribution in [-0.2, 0) is 4.74 Å². The van der Waals surface area contributed by atoms with Crippen molar-refractivity contribution in [3.63, 3.8) is 0 Å². The van der Waals surface area contributed by atoms with Crippen LogP contribution in [-0.4, -0.2) is 68.6 Å². The minimum absolute atomic E-state index is 0. The van der Waals surface area contributed by atoms with E-state index < -0.39 is 0 Å². The van der Waals surface area contributed by atoms with Crippen molar-refractivity contribution in [1.82, 2.24) is 15.5 Å². The minimum Gasteiger partial charge on any atom is -0.379 e. The van der Waals surface area contributed by atoms with Gasteiger partial charge in [0.2, 0.25) is 0 Å². The van der Waals surface area contributed by atoms with Gasteiger partial charge in [-0.25, -0.2) is 0 Å². The van der Waals surface area contributed by atoms with Gasteiger partial charge in [-0.3, -0.25) is 9.89 Å². The second kappa shape index (κ2) is 12.0. The number of nitrogens with one attached hydrogen (secondary N) is 2. The summed E-state index contributed by atoms with van der Waals surface area (Å²) in [5.74, 6) is 1.88. The van der Waals surface area contributed by atoms with Crippen LogP contribution < -0.4 is 10.6 Å². The predicted molar refractivity (Wildman–Crippen MR) is 123 cm³/mol. The maximum Gasteiger partial charge on any atom is 0.191 e. The number of ether oxygens (including phenoxy) is 1. The lowest BCUT2D eigenvalue weighted by Crippen LogP contribution is -2.56. The third kappa shape index (κ3) is 8.02. The zero-order chi connectivity index (χ0) is 18.1. The van der Waals surface area contributed by atoms with Crippen LogP contribution in [0.15, 0.2) is 34.2 Å². The van der Waals surface area contributed by atoms with E-state index in [0.29, 0.717) is 0 Å². The van der Waals surface area contributed by atoms with Gasteiger partial charge in [-0.2, -0.15) is 0 Å². The van der Waals surface area contributed by atoms with Crippen LogP contribution in [0.5, 0.6) is 0 Å². The summed E-state index contributed by atoms with van der Waals surface area (Å²) in [5.41, 5.74) is 1.38. The highest BCUT2D eigenvalue weighted by Crippen LogP contribution is 2.17. The first-order valence-electron chi connectivity index (χ1n) is 8.98. The lowest BCUT2D eigenvalue weighted by atomic mass is 10.0. The number of morpholine rings is 1. The number of halogens is 1. The molecule has 0 unspecified atom stereocenters. The molecule has 26 heavy (non-hydrogen) atoms. The van der Waals surface area contributed by atoms with Crippen molar-refractivity contribution in [3.05, 3.63) is 29.8 Å². The molecule has 0 amide bonds. The molecule has 0 bridgehead atoms. The Bertz CT molecular complexity index is 545. The minimum atomic E-state index is 0. The molecule has 1 aliphatic rings. The third-order valence-corrected chi connectivity index (χ3v) is 5.48. The Morgan fingerprint density at radius 1 is 1.19 bits per heavy atom. The van der Waals surface area contributed by atoms with Crippen molar-refractivity contribution in [2.24, 2.45) is 4.99 Å². The molecule has 0 spiro atoms. The SMILES string of the molecule is CN=C(NCCSc1ccc(C)cc1)NCC(C)(C)N1CCOCC1.I. The van der Waals surface area contributed by atoms with E-state index in [2.05, 4.69) is 65.6 Å². The van der Waals surface area contributed by atoms with Gasteiger partial charge in [0.05, 0.1) is 13.2 Å². The Morgan fingerprint density at radius 2 is 1.85 bits per heavy atom. The Kier molecular flexibility index (Phi) is 10.9. The molecule has 0 aromatic heterocycles. The molecule has 1 aliphatic heterocycles. The fraction of sp³-hybridized carbons (Fsp3) is 0.632. The van der Waals surface area contributed by atoms with Gasteiger partial charge in [-0.1, -0.05) is 17.7 Å². The van der Waals surface area contributed by atoms with Crippen LogP contribution in [0.3, 0.4) is 0 Å². The number of rotatable bonds is 7. The Morgan fingerprint density at radius 3 is 2.46 bits per heavy atom. The van der Waals surface area contributed by atoms with E-state index >= 15 is 0 Å². The number of hydrogen-bond acceptors (Lipinski definition) is 4. The molecule has 0 saturated carbocycles. The Labute approximate surface area is 179 Å². The normalized spacial score (nSPS) is 16.1. The molecule has 0 radical (unpaired) electrons. The molecule has 0 aliphatic carbocycles. The number of aryl methyl sites for hydroxylation is 1. The van der Waals surface area contributed by atoms with Gasteiger partial charge >= 0.3 is 0 Å². The first-order valence-corrected chi connectivity index (χ1v) is 9.96. The number of guanidine groups is 1. The van der Waals surface area contributed by atoms with Gasteiger partial charge in [-0.05, 0) is 32.9 Å². The summed E-state index contributed by atoms with van der Waals surface area (Å²) in [5, 5.41) is 6.86. The molecule has 1 heterocycles. The zero-order valence-corrected chi connectivity index (χ0v) is 19.5. The first-order chi connectivity index (χ1) is 12.0. The lowest BCUT2D eigenvalue weighted by Gasteiger charge is -2.41. The molecule has 1 aromatic carbocycles. The smallest absolute Gasteiger partial charge is 0.191 e. The number of thioether (sulfide) groups is 1. The van der Waals surface area contributed by atoms with Gasteiger partial charge in [0.15, 0.2) is 5.96 Å². The van der Waals surface area contributed by atoms with E-state index in [-0.39, 0.29) is 29.5 Å². The van der Waals surface area contributed by atoms with Crippen LogP contribution in [0.2, 0.25) is 0 Å². The Balaban J connectivity index is 0.00000338. The summed E-state index contributed by atoms with van der Waals surface area (Å²) >= 11 is 1.86. The van der Waals surface area contributed by atoms with E-state index in [1.54, 1.807) is 0 Å².